The maximum absolute atomic E-state index is 12.0. The van der Waals surface area contributed by atoms with Crippen molar-refractivity contribution in [1.29, 1.82) is 0 Å². The monoisotopic (exact) mass is 377 g/mol. The van der Waals surface area contributed by atoms with Gasteiger partial charge in [-0.25, -0.2) is 0 Å². The molecule has 0 saturated carbocycles. The molecule has 2 aromatic carbocycles. The van der Waals surface area contributed by atoms with Gasteiger partial charge < -0.3 is 5.32 Å². The molecule has 0 spiro atoms. The molecule has 1 fully saturated rings. The Balaban J connectivity index is 1.63. The summed E-state index contributed by atoms with van der Waals surface area (Å²) in [6, 6.07) is 14.8. The summed E-state index contributed by atoms with van der Waals surface area (Å²) in [7, 11) is 0. The van der Waals surface area contributed by atoms with E-state index in [0.29, 0.717) is 21.6 Å². The second-order valence-corrected chi connectivity index (χ2v) is 7.13. The average molecular weight is 378 g/mol. The zero-order valence-corrected chi connectivity index (χ0v) is 14.8. The quantitative estimate of drug-likeness (QED) is 0.642. The van der Waals surface area contributed by atoms with Crippen LogP contribution in [0, 0.1) is 0 Å². The van der Waals surface area contributed by atoms with E-state index < -0.39 is 0 Å². The molecule has 1 unspecified atom stereocenters. The average Bonchev–Trinajstić information content (AvgIpc) is 2.91. The lowest BCUT2D eigenvalue weighted by atomic mass is 10.1. The van der Waals surface area contributed by atoms with E-state index in [4.69, 9.17) is 23.2 Å². The van der Waals surface area contributed by atoms with E-state index in [-0.39, 0.29) is 11.2 Å². The lowest BCUT2D eigenvalue weighted by molar-refractivity contribution is -0.118. The Morgan fingerprint density at radius 3 is 2.62 bits per heavy atom. The van der Waals surface area contributed by atoms with Crippen molar-refractivity contribution in [3.05, 3.63) is 69.7 Å². The Labute approximate surface area is 154 Å². The van der Waals surface area contributed by atoms with Crippen molar-refractivity contribution in [3.63, 3.8) is 0 Å². The highest BCUT2D eigenvalue weighted by Gasteiger charge is 2.30. The molecule has 122 valence electrons. The second-order valence-electron chi connectivity index (χ2n) is 5.09. The number of amidine groups is 1. The number of carbonyl (C=O) groups excluding carboxylic acids is 1. The van der Waals surface area contributed by atoms with Crippen LogP contribution in [0.15, 0.2) is 58.7 Å². The van der Waals surface area contributed by atoms with Gasteiger partial charge in [0.2, 0.25) is 5.91 Å². The molecule has 1 aliphatic rings. The number of amides is 1. The maximum Gasteiger partial charge on any atom is 0.239 e. The number of carbonyl (C=O) groups is 1. The highest BCUT2D eigenvalue weighted by Crippen LogP contribution is 2.26. The Kier molecular flexibility index (Phi) is 5.56. The van der Waals surface area contributed by atoms with Gasteiger partial charge in [-0.3, -0.25) is 4.79 Å². The zero-order valence-electron chi connectivity index (χ0n) is 12.4. The van der Waals surface area contributed by atoms with Crippen LogP contribution in [0.4, 0.5) is 0 Å². The SMILES string of the molecule is O=C1N/C(=N/N=C/c2ccc(Cl)cc2)SC1Cc1ccccc1Cl. The first-order valence-electron chi connectivity index (χ1n) is 7.19. The minimum Gasteiger partial charge on any atom is -0.303 e. The van der Waals surface area contributed by atoms with Gasteiger partial charge in [-0.15, -0.1) is 5.10 Å². The third-order valence-electron chi connectivity index (χ3n) is 3.36. The van der Waals surface area contributed by atoms with E-state index in [1.807, 2.05) is 36.4 Å². The number of nitrogens with one attached hydrogen (secondary N) is 1. The van der Waals surface area contributed by atoms with Crippen LogP contribution in [0.2, 0.25) is 10.0 Å². The lowest BCUT2D eigenvalue weighted by Gasteiger charge is -2.06. The Morgan fingerprint density at radius 1 is 1.12 bits per heavy atom. The highest BCUT2D eigenvalue weighted by atomic mass is 35.5. The molecule has 1 aliphatic heterocycles. The van der Waals surface area contributed by atoms with Crippen molar-refractivity contribution < 1.29 is 4.79 Å². The molecule has 0 aliphatic carbocycles. The second kappa shape index (κ2) is 7.83. The molecule has 7 heteroatoms. The first kappa shape index (κ1) is 17.0. The predicted octanol–water partition coefficient (Wildman–Crippen LogP) is 4.16. The molecular weight excluding hydrogens is 365 g/mol. The van der Waals surface area contributed by atoms with Crippen LogP contribution in [-0.2, 0) is 11.2 Å². The molecule has 3 rings (SSSR count). The third-order valence-corrected chi connectivity index (χ3v) is 5.06. The summed E-state index contributed by atoms with van der Waals surface area (Å²) in [5.41, 5.74) is 1.82. The molecule has 0 radical (unpaired) electrons. The fraction of sp³-hybridized carbons (Fsp3) is 0.118. The normalized spacial score (nSPS) is 19.2. The number of halogens is 2. The van der Waals surface area contributed by atoms with Crippen molar-refractivity contribution in [3.8, 4) is 0 Å². The molecule has 1 amide bonds. The van der Waals surface area contributed by atoms with Crippen molar-refractivity contribution in [2.75, 3.05) is 0 Å². The van der Waals surface area contributed by atoms with E-state index in [1.165, 1.54) is 11.8 Å². The molecule has 0 bridgehead atoms. The van der Waals surface area contributed by atoms with Crippen LogP contribution in [0.3, 0.4) is 0 Å². The molecule has 1 N–H and O–H groups in total. The van der Waals surface area contributed by atoms with Crippen LogP contribution < -0.4 is 5.32 Å². The largest absolute Gasteiger partial charge is 0.303 e. The van der Waals surface area contributed by atoms with E-state index in [2.05, 4.69) is 15.5 Å². The minimum absolute atomic E-state index is 0.0830. The van der Waals surface area contributed by atoms with Crippen LogP contribution in [-0.4, -0.2) is 22.5 Å². The standard InChI is InChI=1S/C17H13Cl2N3OS/c18-13-7-5-11(6-8-13)10-20-22-17-21-16(23)15(24-17)9-12-3-1-2-4-14(12)19/h1-8,10,15H,9H2,(H,21,22,23)/b20-10+. The maximum atomic E-state index is 12.0. The summed E-state index contributed by atoms with van der Waals surface area (Å²) in [5, 5.41) is 12.4. The lowest BCUT2D eigenvalue weighted by Crippen LogP contribution is -2.26. The third kappa shape index (κ3) is 4.38. The highest BCUT2D eigenvalue weighted by molar-refractivity contribution is 8.15. The smallest absolute Gasteiger partial charge is 0.239 e. The van der Waals surface area contributed by atoms with Gasteiger partial charge in [0.25, 0.3) is 0 Å². The van der Waals surface area contributed by atoms with Gasteiger partial charge in [0.1, 0.15) is 0 Å². The van der Waals surface area contributed by atoms with Gasteiger partial charge >= 0.3 is 0 Å². The van der Waals surface area contributed by atoms with Crippen molar-refractivity contribution in [2.24, 2.45) is 10.2 Å². The Hall–Kier alpha value is -1.82. The molecule has 1 atom stereocenters. The summed E-state index contributed by atoms with van der Waals surface area (Å²) < 4.78 is 0. The fourth-order valence-corrected chi connectivity index (χ4v) is 3.44. The summed E-state index contributed by atoms with van der Waals surface area (Å²) >= 11 is 13.3. The first-order valence-corrected chi connectivity index (χ1v) is 8.83. The molecule has 1 heterocycles. The fourth-order valence-electron chi connectivity index (χ4n) is 2.15. The predicted molar refractivity (Wildman–Crippen MR) is 101 cm³/mol. The van der Waals surface area contributed by atoms with Crippen LogP contribution in [0.1, 0.15) is 11.1 Å². The summed E-state index contributed by atoms with van der Waals surface area (Å²) in [5.74, 6) is -0.0830. The number of nitrogens with zero attached hydrogens (tertiary/aromatic N) is 2. The zero-order chi connectivity index (χ0) is 16.9. The molecule has 0 aromatic heterocycles. The van der Waals surface area contributed by atoms with Gasteiger partial charge in [-0.2, -0.15) is 5.10 Å². The summed E-state index contributed by atoms with van der Waals surface area (Å²) in [4.78, 5) is 12.0. The van der Waals surface area contributed by atoms with E-state index in [1.54, 1.807) is 18.3 Å². The number of rotatable bonds is 4. The number of hydrogen-bond acceptors (Lipinski definition) is 4. The van der Waals surface area contributed by atoms with E-state index in [9.17, 15) is 4.79 Å². The summed E-state index contributed by atoms with van der Waals surface area (Å²) in [6.07, 6.45) is 2.16. The summed E-state index contributed by atoms with van der Waals surface area (Å²) in [6.45, 7) is 0. The number of thioether (sulfide) groups is 1. The molecule has 4 nitrogen and oxygen atoms in total. The van der Waals surface area contributed by atoms with Gasteiger partial charge in [0.15, 0.2) is 5.17 Å². The van der Waals surface area contributed by atoms with Gasteiger partial charge in [-0.1, -0.05) is 65.3 Å². The molecule has 24 heavy (non-hydrogen) atoms. The first-order chi connectivity index (χ1) is 11.6. The van der Waals surface area contributed by atoms with Crippen LogP contribution in [0.5, 0.6) is 0 Å². The van der Waals surface area contributed by atoms with Crippen molar-refractivity contribution in [2.45, 2.75) is 11.7 Å². The molecular formula is C17H13Cl2N3OS. The number of benzene rings is 2. The van der Waals surface area contributed by atoms with E-state index >= 15 is 0 Å². The van der Waals surface area contributed by atoms with Crippen LogP contribution >= 0.6 is 35.0 Å². The van der Waals surface area contributed by atoms with E-state index in [0.717, 1.165) is 11.1 Å². The molecule has 2 aromatic rings. The van der Waals surface area contributed by atoms with Gasteiger partial charge in [-0.05, 0) is 35.7 Å². The Bertz CT molecular complexity index is 806. The Morgan fingerprint density at radius 2 is 1.88 bits per heavy atom. The molecule has 1 saturated heterocycles. The van der Waals surface area contributed by atoms with Crippen LogP contribution in [0.25, 0.3) is 0 Å². The topological polar surface area (TPSA) is 53.8 Å². The van der Waals surface area contributed by atoms with Crippen molar-refractivity contribution >= 4 is 52.3 Å². The number of hydrogen-bond donors (Lipinski definition) is 1. The minimum atomic E-state index is -0.255. The van der Waals surface area contributed by atoms with Gasteiger partial charge in [0.05, 0.1) is 11.5 Å². The van der Waals surface area contributed by atoms with Crippen molar-refractivity contribution in [1.82, 2.24) is 5.32 Å². The van der Waals surface area contributed by atoms with Gasteiger partial charge in [0, 0.05) is 10.0 Å².